The van der Waals surface area contributed by atoms with Crippen LogP contribution in [0.15, 0.2) is 42.5 Å². The van der Waals surface area contributed by atoms with Gasteiger partial charge in [0.05, 0.1) is 0 Å². The topological polar surface area (TPSA) is 67.2 Å². The van der Waals surface area contributed by atoms with Crippen molar-refractivity contribution in [3.05, 3.63) is 59.4 Å². The Morgan fingerprint density at radius 3 is 2.50 bits per heavy atom. The van der Waals surface area contributed by atoms with Crippen LogP contribution in [0.3, 0.4) is 0 Å². The zero-order valence-electron chi connectivity index (χ0n) is 11.1. The highest BCUT2D eigenvalue weighted by atomic mass is 19.1. The lowest BCUT2D eigenvalue weighted by atomic mass is 10.1. The second kappa shape index (κ2) is 6.16. The number of anilines is 2. The molecule has 5 heteroatoms. The lowest BCUT2D eigenvalue weighted by Crippen LogP contribution is -2.21. The molecule has 0 spiro atoms. The largest absolute Gasteiger partial charge is 0.326 e. The molecule has 0 bridgehead atoms. The molecule has 0 heterocycles. The Bertz CT molecular complexity index is 611. The average Bonchev–Trinajstić information content (AvgIpc) is 2.42. The van der Waals surface area contributed by atoms with Gasteiger partial charge in [0.25, 0.3) is 0 Å². The molecule has 20 heavy (non-hydrogen) atoms. The van der Waals surface area contributed by atoms with Crippen molar-refractivity contribution < 1.29 is 9.18 Å². The van der Waals surface area contributed by atoms with E-state index in [0.717, 1.165) is 11.1 Å². The zero-order chi connectivity index (χ0) is 14.5. The molecule has 2 aromatic rings. The smallest absolute Gasteiger partial charge is 0.323 e. The molecule has 0 radical (unpaired) electrons. The van der Waals surface area contributed by atoms with Gasteiger partial charge in [-0.1, -0.05) is 12.1 Å². The molecule has 0 saturated heterocycles. The first kappa shape index (κ1) is 14.0. The molecule has 2 rings (SSSR count). The average molecular weight is 273 g/mol. The zero-order valence-corrected chi connectivity index (χ0v) is 11.1. The number of urea groups is 1. The fourth-order valence-electron chi connectivity index (χ4n) is 1.91. The number of nitrogens with two attached hydrogens (primary N) is 1. The highest BCUT2D eigenvalue weighted by molar-refractivity contribution is 6.00. The number of hydrogen-bond acceptors (Lipinski definition) is 2. The third kappa shape index (κ3) is 3.33. The Labute approximate surface area is 116 Å². The Morgan fingerprint density at radius 1 is 1.15 bits per heavy atom. The van der Waals surface area contributed by atoms with Gasteiger partial charge in [-0.15, -0.1) is 0 Å². The molecule has 2 aromatic carbocycles. The molecule has 2 amide bonds. The monoisotopic (exact) mass is 273 g/mol. The molecule has 104 valence electrons. The maximum atomic E-state index is 12.8. The minimum absolute atomic E-state index is 0.346. The van der Waals surface area contributed by atoms with Gasteiger partial charge in [0, 0.05) is 17.9 Å². The van der Waals surface area contributed by atoms with Crippen molar-refractivity contribution in [1.29, 1.82) is 0 Å². The molecule has 0 fully saturated rings. The van der Waals surface area contributed by atoms with Crippen LogP contribution in [-0.4, -0.2) is 6.03 Å². The summed E-state index contributed by atoms with van der Waals surface area (Å²) in [6.45, 7) is 2.28. The highest BCUT2D eigenvalue weighted by Gasteiger charge is 2.08. The van der Waals surface area contributed by atoms with E-state index in [2.05, 4.69) is 10.6 Å². The van der Waals surface area contributed by atoms with E-state index in [4.69, 9.17) is 5.73 Å². The summed E-state index contributed by atoms with van der Waals surface area (Å²) in [4.78, 5) is 11.9. The van der Waals surface area contributed by atoms with Gasteiger partial charge in [-0.05, 0) is 48.4 Å². The number of benzene rings is 2. The molecule has 0 saturated carbocycles. The highest BCUT2D eigenvalue weighted by Crippen LogP contribution is 2.19. The summed E-state index contributed by atoms with van der Waals surface area (Å²) < 4.78 is 12.8. The van der Waals surface area contributed by atoms with E-state index in [9.17, 15) is 9.18 Å². The van der Waals surface area contributed by atoms with Gasteiger partial charge in [-0.25, -0.2) is 9.18 Å². The SMILES string of the molecule is Cc1cccc(NC(=O)Nc2ccc(F)cc2)c1CN. The molecular formula is C15H16FN3O. The quantitative estimate of drug-likeness (QED) is 0.803. The molecular weight excluding hydrogens is 257 g/mol. The Balaban J connectivity index is 2.08. The van der Waals surface area contributed by atoms with E-state index < -0.39 is 6.03 Å². The van der Waals surface area contributed by atoms with Crippen LogP contribution >= 0.6 is 0 Å². The molecule has 0 unspecified atom stereocenters. The van der Waals surface area contributed by atoms with Crippen molar-refractivity contribution >= 4 is 17.4 Å². The first-order chi connectivity index (χ1) is 9.60. The molecule has 4 nitrogen and oxygen atoms in total. The van der Waals surface area contributed by atoms with Crippen molar-refractivity contribution in [1.82, 2.24) is 0 Å². The fourth-order valence-corrected chi connectivity index (χ4v) is 1.91. The first-order valence-electron chi connectivity index (χ1n) is 6.22. The first-order valence-corrected chi connectivity index (χ1v) is 6.22. The summed E-state index contributed by atoms with van der Waals surface area (Å²) in [5.74, 6) is -0.347. The Morgan fingerprint density at radius 2 is 1.85 bits per heavy atom. The number of nitrogens with one attached hydrogen (secondary N) is 2. The number of hydrogen-bond donors (Lipinski definition) is 3. The van der Waals surface area contributed by atoms with Crippen LogP contribution in [0.2, 0.25) is 0 Å². The number of carbonyl (C=O) groups is 1. The summed E-state index contributed by atoms with van der Waals surface area (Å²) in [6, 6.07) is 10.7. The second-order valence-electron chi connectivity index (χ2n) is 4.39. The minimum Gasteiger partial charge on any atom is -0.326 e. The standard InChI is InChI=1S/C15H16FN3O/c1-10-3-2-4-14(13(10)9-17)19-15(20)18-12-7-5-11(16)6-8-12/h2-8H,9,17H2,1H3,(H2,18,19,20). The van der Waals surface area contributed by atoms with E-state index in [1.807, 2.05) is 19.1 Å². The third-order valence-electron chi connectivity index (χ3n) is 2.96. The number of aryl methyl sites for hydroxylation is 1. The van der Waals surface area contributed by atoms with Crippen molar-refractivity contribution in [2.75, 3.05) is 10.6 Å². The van der Waals surface area contributed by atoms with Crippen molar-refractivity contribution in [3.63, 3.8) is 0 Å². The van der Waals surface area contributed by atoms with Crippen LogP contribution in [0.25, 0.3) is 0 Å². The van der Waals surface area contributed by atoms with Gasteiger partial charge in [0.15, 0.2) is 0 Å². The molecule has 0 aliphatic carbocycles. The van der Waals surface area contributed by atoms with Gasteiger partial charge in [0.2, 0.25) is 0 Å². The van der Waals surface area contributed by atoms with Gasteiger partial charge < -0.3 is 16.4 Å². The summed E-state index contributed by atoms with van der Waals surface area (Å²) in [6.07, 6.45) is 0. The molecule has 0 atom stereocenters. The van der Waals surface area contributed by atoms with Crippen molar-refractivity contribution in [2.45, 2.75) is 13.5 Å². The number of rotatable bonds is 3. The molecule has 0 aliphatic rings. The van der Waals surface area contributed by atoms with Crippen LogP contribution in [-0.2, 0) is 6.54 Å². The van der Waals surface area contributed by atoms with Crippen LogP contribution in [0, 0.1) is 12.7 Å². The fraction of sp³-hybridized carbons (Fsp3) is 0.133. The van der Waals surface area contributed by atoms with Gasteiger partial charge in [-0.3, -0.25) is 0 Å². The van der Waals surface area contributed by atoms with Gasteiger partial charge >= 0.3 is 6.03 Å². The second-order valence-corrected chi connectivity index (χ2v) is 4.39. The third-order valence-corrected chi connectivity index (χ3v) is 2.96. The van der Waals surface area contributed by atoms with Crippen LogP contribution in [0.5, 0.6) is 0 Å². The lowest BCUT2D eigenvalue weighted by Gasteiger charge is -2.13. The Hall–Kier alpha value is -2.40. The summed E-state index contributed by atoms with van der Waals surface area (Å²) in [5, 5.41) is 5.37. The maximum absolute atomic E-state index is 12.8. The van der Waals surface area contributed by atoms with E-state index in [-0.39, 0.29) is 5.82 Å². The van der Waals surface area contributed by atoms with E-state index in [0.29, 0.717) is 17.9 Å². The minimum atomic E-state index is -0.392. The molecule has 4 N–H and O–H groups in total. The summed E-state index contributed by atoms with van der Waals surface area (Å²) >= 11 is 0. The van der Waals surface area contributed by atoms with Crippen LogP contribution < -0.4 is 16.4 Å². The number of halogens is 1. The van der Waals surface area contributed by atoms with Gasteiger partial charge in [0.1, 0.15) is 5.82 Å². The summed E-state index contributed by atoms with van der Waals surface area (Å²) in [5.41, 5.74) is 8.79. The number of amides is 2. The van der Waals surface area contributed by atoms with E-state index in [1.165, 1.54) is 24.3 Å². The van der Waals surface area contributed by atoms with Crippen molar-refractivity contribution in [2.24, 2.45) is 5.73 Å². The number of carbonyl (C=O) groups excluding carboxylic acids is 1. The molecule has 0 aromatic heterocycles. The van der Waals surface area contributed by atoms with Crippen LogP contribution in [0.4, 0.5) is 20.6 Å². The predicted octanol–water partition coefficient (Wildman–Crippen LogP) is 3.24. The van der Waals surface area contributed by atoms with Crippen molar-refractivity contribution in [3.8, 4) is 0 Å². The van der Waals surface area contributed by atoms with Crippen LogP contribution in [0.1, 0.15) is 11.1 Å². The maximum Gasteiger partial charge on any atom is 0.323 e. The normalized spacial score (nSPS) is 10.2. The summed E-state index contributed by atoms with van der Waals surface area (Å²) in [7, 11) is 0. The molecule has 0 aliphatic heterocycles. The van der Waals surface area contributed by atoms with E-state index in [1.54, 1.807) is 6.07 Å². The Kier molecular flexibility index (Phi) is 4.32. The van der Waals surface area contributed by atoms with Gasteiger partial charge in [-0.2, -0.15) is 0 Å². The predicted molar refractivity (Wildman–Crippen MR) is 78.1 cm³/mol. The van der Waals surface area contributed by atoms with E-state index >= 15 is 0 Å². The lowest BCUT2D eigenvalue weighted by molar-refractivity contribution is 0.262.